The average Bonchev–Trinajstić information content (AvgIpc) is 2.76. The maximum Gasteiger partial charge on any atom is 0.338 e. The largest absolute Gasteiger partial charge is 0.507 e. The number of ether oxygens (including phenoxy) is 2. The van der Waals surface area contributed by atoms with Crippen LogP contribution in [0, 0.1) is 0 Å². The van der Waals surface area contributed by atoms with Crippen LogP contribution >= 0.6 is 0 Å². The van der Waals surface area contributed by atoms with Crippen LogP contribution in [0.1, 0.15) is 69.8 Å². The van der Waals surface area contributed by atoms with Crippen LogP contribution in [0.5, 0.6) is 11.5 Å². The summed E-state index contributed by atoms with van der Waals surface area (Å²) in [6.07, 6.45) is 0. The van der Waals surface area contributed by atoms with Gasteiger partial charge in [-0.1, -0.05) is 41.5 Å². The van der Waals surface area contributed by atoms with Crippen molar-refractivity contribution in [2.24, 2.45) is 0 Å². The molecule has 1 aliphatic heterocycles. The maximum atomic E-state index is 13.0. The molecule has 0 spiro atoms. The molecule has 0 aromatic heterocycles. The van der Waals surface area contributed by atoms with Gasteiger partial charge >= 0.3 is 12.0 Å². The van der Waals surface area contributed by atoms with E-state index in [0.717, 1.165) is 11.1 Å². The Morgan fingerprint density at radius 2 is 1.47 bits per heavy atom. The Labute approximate surface area is 201 Å². The minimum atomic E-state index is -0.777. The molecule has 0 aliphatic carbocycles. The van der Waals surface area contributed by atoms with Crippen molar-refractivity contribution in [2.45, 2.75) is 58.4 Å². The van der Waals surface area contributed by atoms with Gasteiger partial charge in [0.15, 0.2) is 0 Å². The highest BCUT2D eigenvalue weighted by molar-refractivity contribution is 6.04. The third-order valence-electron chi connectivity index (χ3n) is 5.94. The number of carbonyl (C=O) groups is 2. The van der Waals surface area contributed by atoms with Gasteiger partial charge in [0.25, 0.3) is 0 Å². The molecular formula is C27H34N2O5. The lowest BCUT2D eigenvalue weighted by Gasteiger charge is -2.33. The SMILES string of the molecule is COC(=O)C1=C(c2ccc(OC)cc2)NC(=O)NC1c1cc(C(C)(C)C)c(O)c(C(C)(C)C)c1. The molecule has 1 aliphatic rings. The Morgan fingerprint density at radius 3 is 1.91 bits per heavy atom. The fraction of sp³-hybridized carbons (Fsp3) is 0.407. The van der Waals surface area contributed by atoms with Gasteiger partial charge in [-0.2, -0.15) is 0 Å². The number of phenols is 1. The molecule has 1 unspecified atom stereocenters. The fourth-order valence-corrected chi connectivity index (χ4v) is 4.10. The number of hydrogen-bond acceptors (Lipinski definition) is 5. The number of rotatable bonds is 4. The van der Waals surface area contributed by atoms with Crippen LogP contribution in [-0.4, -0.2) is 31.3 Å². The van der Waals surface area contributed by atoms with Gasteiger partial charge in [0.1, 0.15) is 11.5 Å². The van der Waals surface area contributed by atoms with Crippen LogP contribution in [-0.2, 0) is 20.4 Å². The van der Waals surface area contributed by atoms with Crippen molar-refractivity contribution in [1.82, 2.24) is 10.6 Å². The minimum Gasteiger partial charge on any atom is -0.507 e. The van der Waals surface area contributed by atoms with Crippen LogP contribution < -0.4 is 15.4 Å². The van der Waals surface area contributed by atoms with Gasteiger partial charge in [-0.3, -0.25) is 0 Å². The van der Waals surface area contributed by atoms with Crippen LogP contribution in [0.25, 0.3) is 5.70 Å². The van der Waals surface area contributed by atoms with Crippen LogP contribution in [0.2, 0.25) is 0 Å². The molecule has 3 N–H and O–H groups in total. The third kappa shape index (κ3) is 4.88. The van der Waals surface area contributed by atoms with Crippen molar-refractivity contribution < 1.29 is 24.2 Å². The Bertz CT molecular complexity index is 1100. The number of urea groups is 1. The van der Waals surface area contributed by atoms with Crippen LogP contribution in [0.15, 0.2) is 42.0 Å². The normalized spacial score (nSPS) is 16.6. The van der Waals surface area contributed by atoms with E-state index in [-0.39, 0.29) is 22.2 Å². The number of esters is 1. The summed E-state index contributed by atoms with van der Waals surface area (Å²) in [4.78, 5) is 25.8. The number of hydrogen-bond donors (Lipinski definition) is 3. The second kappa shape index (κ2) is 9.05. The first-order chi connectivity index (χ1) is 15.8. The Kier molecular flexibility index (Phi) is 6.69. The lowest BCUT2D eigenvalue weighted by atomic mass is 9.77. The summed E-state index contributed by atoms with van der Waals surface area (Å²) in [5.74, 6) is 0.318. The topological polar surface area (TPSA) is 96.9 Å². The van der Waals surface area contributed by atoms with Gasteiger partial charge < -0.3 is 25.2 Å². The molecule has 34 heavy (non-hydrogen) atoms. The summed E-state index contributed by atoms with van der Waals surface area (Å²) in [5.41, 5.74) is 2.70. The van der Waals surface area contributed by atoms with Gasteiger partial charge in [-0.05, 0) is 69.5 Å². The molecule has 0 saturated heterocycles. The van der Waals surface area contributed by atoms with E-state index in [0.29, 0.717) is 22.6 Å². The van der Waals surface area contributed by atoms with E-state index >= 15 is 0 Å². The monoisotopic (exact) mass is 466 g/mol. The highest BCUT2D eigenvalue weighted by atomic mass is 16.5. The number of methoxy groups -OCH3 is 2. The predicted octanol–water partition coefficient (Wildman–Crippen LogP) is 4.93. The summed E-state index contributed by atoms with van der Waals surface area (Å²) in [5, 5.41) is 16.8. The molecule has 2 aromatic rings. The van der Waals surface area contributed by atoms with Gasteiger partial charge in [0, 0.05) is 0 Å². The molecule has 7 nitrogen and oxygen atoms in total. The standard InChI is InChI=1S/C27H34N2O5/c1-26(2,3)18-13-16(14-19(23(18)30)27(4,5)6)22-20(24(31)34-8)21(28-25(32)29-22)15-9-11-17(33-7)12-10-15/h9-14,22,30H,1-8H3,(H2,28,29,32). The zero-order chi connectivity index (χ0) is 25.4. The second-order valence-corrected chi connectivity index (χ2v) is 10.5. The van der Waals surface area contributed by atoms with Crippen molar-refractivity contribution >= 4 is 17.7 Å². The Balaban J connectivity index is 2.31. The molecular weight excluding hydrogens is 432 g/mol. The van der Waals surface area contributed by atoms with Crippen molar-refractivity contribution in [3.05, 3.63) is 64.2 Å². The van der Waals surface area contributed by atoms with Crippen LogP contribution in [0.4, 0.5) is 4.79 Å². The molecule has 2 amide bonds. The van der Waals surface area contributed by atoms with E-state index in [9.17, 15) is 14.7 Å². The number of phenolic OH excluding ortho intramolecular Hbond substituents is 1. The van der Waals surface area contributed by atoms with E-state index in [4.69, 9.17) is 9.47 Å². The molecule has 0 fully saturated rings. The van der Waals surface area contributed by atoms with E-state index in [1.807, 2.05) is 53.7 Å². The molecule has 0 saturated carbocycles. The van der Waals surface area contributed by atoms with E-state index in [1.165, 1.54) is 7.11 Å². The van der Waals surface area contributed by atoms with Crippen LogP contribution in [0.3, 0.4) is 0 Å². The summed E-state index contributed by atoms with van der Waals surface area (Å²) < 4.78 is 10.4. The number of nitrogens with one attached hydrogen (secondary N) is 2. The second-order valence-electron chi connectivity index (χ2n) is 10.5. The first-order valence-corrected chi connectivity index (χ1v) is 11.2. The summed E-state index contributed by atoms with van der Waals surface area (Å²) in [6, 6.07) is 9.57. The summed E-state index contributed by atoms with van der Waals surface area (Å²) in [7, 11) is 2.88. The highest BCUT2D eigenvalue weighted by Gasteiger charge is 2.36. The van der Waals surface area contributed by atoms with Crippen molar-refractivity contribution in [2.75, 3.05) is 14.2 Å². The number of benzene rings is 2. The molecule has 1 heterocycles. The van der Waals surface area contributed by atoms with E-state index in [2.05, 4.69) is 10.6 Å². The minimum absolute atomic E-state index is 0.225. The van der Waals surface area contributed by atoms with E-state index < -0.39 is 18.0 Å². The molecule has 3 rings (SSSR count). The van der Waals surface area contributed by atoms with Gasteiger partial charge in [0.2, 0.25) is 0 Å². The van der Waals surface area contributed by atoms with Crippen molar-refractivity contribution in [3.63, 3.8) is 0 Å². The Morgan fingerprint density at radius 1 is 0.941 bits per heavy atom. The van der Waals surface area contributed by atoms with Gasteiger partial charge in [0.05, 0.1) is 31.5 Å². The maximum absolute atomic E-state index is 13.0. The lowest BCUT2D eigenvalue weighted by Crippen LogP contribution is -2.45. The summed E-state index contributed by atoms with van der Waals surface area (Å²) in [6.45, 7) is 12.1. The molecule has 1 atom stereocenters. The smallest absolute Gasteiger partial charge is 0.338 e. The van der Waals surface area contributed by atoms with Crippen molar-refractivity contribution in [3.8, 4) is 11.5 Å². The molecule has 182 valence electrons. The number of amides is 2. The average molecular weight is 467 g/mol. The first kappa shape index (κ1) is 25.1. The molecule has 2 aromatic carbocycles. The van der Waals surface area contributed by atoms with Gasteiger partial charge in [-0.25, -0.2) is 9.59 Å². The zero-order valence-corrected chi connectivity index (χ0v) is 21.1. The lowest BCUT2D eigenvalue weighted by molar-refractivity contribution is -0.136. The third-order valence-corrected chi connectivity index (χ3v) is 5.94. The first-order valence-electron chi connectivity index (χ1n) is 11.2. The van der Waals surface area contributed by atoms with Crippen molar-refractivity contribution in [1.29, 1.82) is 0 Å². The quantitative estimate of drug-likeness (QED) is 0.555. The zero-order valence-electron chi connectivity index (χ0n) is 21.1. The van der Waals surface area contributed by atoms with E-state index in [1.54, 1.807) is 31.4 Å². The number of aromatic hydroxyl groups is 1. The fourth-order valence-electron chi connectivity index (χ4n) is 4.10. The molecule has 0 radical (unpaired) electrons. The highest BCUT2D eigenvalue weighted by Crippen LogP contribution is 2.43. The summed E-state index contributed by atoms with van der Waals surface area (Å²) >= 11 is 0. The Hall–Kier alpha value is -3.48. The molecule has 7 heteroatoms. The predicted molar refractivity (Wildman–Crippen MR) is 132 cm³/mol. The van der Waals surface area contributed by atoms with Gasteiger partial charge in [-0.15, -0.1) is 0 Å². The molecule has 0 bridgehead atoms. The number of carbonyl (C=O) groups excluding carboxylic acids is 2.